The summed E-state index contributed by atoms with van der Waals surface area (Å²) in [4.78, 5) is 68.5. The molecule has 4 amide bonds. The number of aromatic amines is 2. The standard InChI is InChI=1S/C27H29Cl2N9O2.C25H24Cl2N8O3/c1-17-4-6-18(7-5-17)25-26(29)34-27(33-25)21(15-24(40)30-12-13-37(2)3)32-23(39)11-8-19-14-20(28)9-10-22(19)38-16-31-35-36-38;1-15-2-4-16(5-3-15)23-24(27)32-25(31-23)19(13-22(38)28-10-11-36)30-21(37)9-6-17-12-18(26)7-8-20(17)35-14-29-33-34-35/h4-11,14,16,21H,12-13,15H2,1-3H3,(H,30,40)(H,32,39)(H,33,34);2-9,12,14,19,36H,10-11,13H2,1H3,(H,28,38)(H,30,37)(H,31,32)/b11-8+;9-6+/t21-;19-/m00/s1. The summed E-state index contributed by atoms with van der Waals surface area (Å²) in [6.07, 6.45) is 8.51. The number of nitrogens with zero attached hydrogens (tertiary/aromatic N) is 11. The average Bonchev–Trinajstić information content (AvgIpc) is 4.29. The molecule has 4 aromatic heterocycles. The maximum absolute atomic E-state index is 13.1. The number of nitrogens with one attached hydrogen (secondary N) is 6. The second-order valence-electron chi connectivity index (χ2n) is 17.6. The minimum Gasteiger partial charge on any atom is -0.395 e. The highest BCUT2D eigenvalue weighted by Gasteiger charge is 2.25. The van der Waals surface area contributed by atoms with Gasteiger partial charge in [0.25, 0.3) is 0 Å². The summed E-state index contributed by atoms with van der Waals surface area (Å²) >= 11 is 25.3. The summed E-state index contributed by atoms with van der Waals surface area (Å²) in [5, 5.41) is 44.1. The van der Waals surface area contributed by atoms with E-state index < -0.39 is 23.9 Å². The van der Waals surface area contributed by atoms with Gasteiger partial charge in [-0.3, -0.25) is 19.2 Å². The number of aliphatic hydroxyl groups excluding tert-OH is 1. The van der Waals surface area contributed by atoms with Crippen molar-refractivity contribution in [1.29, 1.82) is 0 Å². The number of hydrogen-bond acceptors (Lipinski definition) is 14. The van der Waals surface area contributed by atoms with Crippen molar-refractivity contribution in [1.82, 2.24) is 86.5 Å². The number of carbonyl (C=O) groups is 4. The molecule has 2 atom stereocenters. The van der Waals surface area contributed by atoms with E-state index in [-0.39, 0.29) is 43.0 Å². The summed E-state index contributed by atoms with van der Waals surface area (Å²) in [5.41, 5.74) is 7.28. The number of amides is 4. The van der Waals surface area contributed by atoms with Crippen LogP contribution in [0.3, 0.4) is 0 Å². The molecule has 8 rings (SSSR count). The molecule has 0 saturated heterocycles. The monoisotopic (exact) mass is 1140 g/mol. The molecular formula is C52H53Cl4N17O5. The second-order valence-corrected chi connectivity index (χ2v) is 19.3. The Morgan fingerprint density at radius 3 is 1.44 bits per heavy atom. The number of hydrogen-bond donors (Lipinski definition) is 7. The fourth-order valence-corrected chi connectivity index (χ4v) is 8.34. The summed E-state index contributed by atoms with van der Waals surface area (Å²) in [6, 6.07) is 24.0. The van der Waals surface area contributed by atoms with Crippen molar-refractivity contribution in [3.05, 3.63) is 164 Å². The number of halogens is 4. The van der Waals surface area contributed by atoms with Gasteiger partial charge in [0.1, 0.15) is 46.0 Å². The Hall–Kier alpha value is -8.12. The summed E-state index contributed by atoms with van der Waals surface area (Å²) in [7, 11) is 3.84. The van der Waals surface area contributed by atoms with E-state index in [1.807, 2.05) is 81.4 Å². The molecule has 0 fully saturated rings. The number of carbonyl (C=O) groups excluding carboxylic acids is 4. The zero-order valence-electron chi connectivity index (χ0n) is 42.5. The molecule has 0 spiro atoms. The Balaban J connectivity index is 0.000000226. The number of aliphatic hydroxyl groups is 1. The van der Waals surface area contributed by atoms with Crippen LogP contribution in [0.15, 0.2) is 110 Å². The van der Waals surface area contributed by atoms with E-state index in [1.165, 1.54) is 34.2 Å². The maximum Gasteiger partial charge on any atom is 0.244 e. The van der Waals surface area contributed by atoms with Crippen LogP contribution in [0.1, 0.15) is 58.8 Å². The molecule has 0 aliphatic rings. The highest BCUT2D eigenvalue weighted by Crippen LogP contribution is 2.31. The Morgan fingerprint density at radius 2 is 1.05 bits per heavy atom. The lowest BCUT2D eigenvalue weighted by atomic mass is 10.1. The van der Waals surface area contributed by atoms with Gasteiger partial charge in [0.15, 0.2) is 0 Å². The number of rotatable bonds is 21. The largest absolute Gasteiger partial charge is 0.395 e. The average molecular weight is 1140 g/mol. The van der Waals surface area contributed by atoms with E-state index >= 15 is 0 Å². The van der Waals surface area contributed by atoms with Crippen molar-refractivity contribution in [3.8, 4) is 33.9 Å². The van der Waals surface area contributed by atoms with Crippen LogP contribution < -0.4 is 21.3 Å². The van der Waals surface area contributed by atoms with Gasteiger partial charge < -0.3 is 41.2 Å². The lowest BCUT2D eigenvalue weighted by Crippen LogP contribution is -2.36. The Kier molecular flexibility index (Phi) is 20.5. The number of benzene rings is 4. The van der Waals surface area contributed by atoms with Crippen LogP contribution in [0.5, 0.6) is 0 Å². The van der Waals surface area contributed by atoms with Crippen LogP contribution in [0.25, 0.3) is 46.0 Å². The van der Waals surface area contributed by atoms with Crippen molar-refractivity contribution < 1.29 is 24.3 Å². The van der Waals surface area contributed by atoms with E-state index in [2.05, 4.69) is 72.3 Å². The van der Waals surface area contributed by atoms with Gasteiger partial charge in [0, 0.05) is 64.1 Å². The number of aryl methyl sites for hydroxylation is 2. The van der Waals surface area contributed by atoms with Gasteiger partial charge in [0.2, 0.25) is 23.6 Å². The van der Waals surface area contributed by atoms with Crippen LogP contribution in [-0.2, 0) is 19.2 Å². The SMILES string of the molecule is Cc1ccc(-c2nc([C@H](CC(=O)NCCN(C)C)NC(=O)/C=C/c3cc(Cl)ccc3-n3cnnn3)[nH]c2Cl)cc1.Cc1ccc(-c2nc([C@H](CC(=O)NCCO)NC(=O)/C=C/c3cc(Cl)ccc3-n3cnnn3)[nH]c2Cl)cc1. The van der Waals surface area contributed by atoms with Crippen LogP contribution in [0.4, 0.5) is 0 Å². The molecule has 4 aromatic carbocycles. The first kappa shape index (κ1) is 57.6. The maximum atomic E-state index is 13.1. The number of imidazole rings is 2. The lowest BCUT2D eigenvalue weighted by Gasteiger charge is -2.16. The minimum absolute atomic E-state index is 0.0444. The predicted octanol–water partition coefficient (Wildman–Crippen LogP) is 6.64. The molecule has 0 saturated carbocycles. The molecule has 8 aromatic rings. The fourth-order valence-electron chi connectivity index (χ4n) is 7.48. The van der Waals surface area contributed by atoms with E-state index in [0.717, 1.165) is 22.3 Å². The lowest BCUT2D eigenvalue weighted by molar-refractivity contribution is -0.123. The molecule has 0 aliphatic heterocycles. The molecule has 0 unspecified atom stereocenters. The number of aromatic nitrogens is 12. The molecule has 4 heterocycles. The normalized spacial score (nSPS) is 12.1. The van der Waals surface area contributed by atoms with Crippen LogP contribution in [0.2, 0.25) is 20.4 Å². The smallest absolute Gasteiger partial charge is 0.244 e. The molecule has 404 valence electrons. The number of likely N-dealkylation sites (N-methyl/N-ethyl adjacent to an activating group) is 1. The molecule has 0 aliphatic carbocycles. The van der Waals surface area contributed by atoms with Crippen molar-refractivity contribution in [2.24, 2.45) is 0 Å². The number of tetrazole rings is 2. The fraction of sp³-hybridized carbons (Fsp3) is 0.231. The van der Waals surface area contributed by atoms with Gasteiger partial charge in [-0.05, 0) is 97.3 Å². The third kappa shape index (κ3) is 16.4. The van der Waals surface area contributed by atoms with Gasteiger partial charge in [-0.15, -0.1) is 10.2 Å². The summed E-state index contributed by atoms with van der Waals surface area (Å²) in [5.74, 6) is -0.883. The van der Waals surface area contributed by atoms with Crippen LogP contribution in [0, 0.1) is 13.8 Å². The summed E-state index contributed by atoms with van der Waals surface area (Å²) in [6.45, 7) is 4.99. The molecule has 78 heavy (non-hydrogen) atoms. The van der Waals surface area contributed by atoms with E-state index in [1.54, 1.807) is 48.6 Å². The van der Waals surface area contributed by atoms with Crippen molar-refractivity contribution in [2.75, 3.05) is 40.3 Å². The van der Waals surface area contributed by atoms with Crippen LogP contribution >= 0.6 is 46.4 Å². The van der Waals surface area contributed by atoms with E-state index in [0.29, 0.717) is 73.8 Å². The highest BCUT2D eigenvalue weighted by molar-refractivity contribution is 6.32. The van der Waals surface area contributed by atoms with Gasteiger partial charge in [0.05, 0.1) is 42.9 Å². The Bertz CT molecular complexity index is 3360. The molecule has 7 N–H and O–H groups in total. The molecule has 0 radical (unpaired) electrons. The third-order valence-corrected chi connectivity index (χ3v) is 12.4. The first-order chi connectivity index (χ1) is 37.5. The Morgan fingerprint density at radius 1 is 0.628 bits per heavy atom. The van der Waals surface area contributed by atoms with Crippen molar-refractivity contribution in [2.45, 2.75) is 38.8 Å². The van der Waals surface area contributed by atoms with Gasteiger partial charge >= 0.3 is 0 Å². The zero-order chi connectivity index (χ0) is 55.7. The molecule has 26 heteroatoms. The molecule has 22 nitrogen and oxygen atoms in total. The van der Waals surface area contributed by atoms with Crippen LogP contribution in [-0.4, -0.2) is 134 Å². The Labute approximate surface area is 467 Å². The van der Waals surface area contributed by atoms with Gasteiger partial charge in [-0.25, -0.2) is 9.97 Å². The van der Waals surface area contributed by atoms with Gasteiger partial charge in [-0.2, -0.15) is 9.36 Å². The van der Waals surface area contributed by atoms with Gasteiger partial charge in [-0.1, -0.05) is 106 Å². The van der Waals surface area contributed by atoms with E-state index in [4.69, 9.17) is 51.5 Å². The molecular weight excluding hydrogens is 1080 g/mol. The second kappa shape index (κ2) is 27.8. The van der Waals surface area contributed by atoms with Crippen molar-refractivity contribution in [3.63, 3.8) is 0 Å². The first-order valence-electron chi connectivity index (χ1n) is 24.0. The molecule has 0 bridgehead atoms. The van der Waals surface area contributed by atoms with Crippen molar-refractivity contribution >= 4 is 82.2 Å². The first-order valence-corrected chi connectivity index (χ1v) is 25.5. The predicted molar refractivity (Wildman–Crippen MR) is 297 cm³/mol. The highest BCUT2D eigenvalue weighted by atomic mass is 35.5. The third-order valence-electron chi connectivity index (χ3n) is 11.4. The quantitative estimate of drug-likeness (QED) is 0.0372. The minimum atomic E-state index is -0.833. The summed E-state index contributed by atoms with van der Waals surface area (Å²) < 4.78 is 2.91. The number of H-pyrrole nitrogens is 2. The zero-order valence-corrected chi connectivity index (χ0v) is 45.5. The topological polar surface area (TPSA) is 284 Å². The van der Waals surface area contributed by atoms with E-state index in [9.17, 15) is 19.2 Å².